The molecule has 2 heterocycles. The molecule has 0 fully saturated rings. The fourth-order valence-electron chi connectivity index (χ4n) is 2.78. The van der Waals surface area contributed by atoms with Crippen molar-refractivity contribution in [3.8, 4) is 5.75 Å². The molecule has 0 saturated heterocycles. The summed E-state index contributed by atoms with van der Waals surface area (Å²) in [6.07, 6.45) is 1.55. The fourth-order valence-corrected chi connectivity index (χ4v) is 3.87. The van der Waals surface area contributed by atoms with E-state index < -0.39 is 11.9 Å². The molecule has 0 bridgehead atoms. The van der Waals surface area contributed by atoms with E-state index in [-0.39, 0.29) is 41.2 Å². The molecule has 0 aliphatic rings. The number of rotatable bonds is 8. The molecule has 2 aromatic heterocycles. The largest absolute Gasteiger partial charge is 0.471 e. The Bertz CT molecular complexity index is 1120. The van der Waals surface area contributed by atoms with E-state index in [4.69, 9.17) is 9.47 Å². The average Bonchev–Trinajstić information content (AvgIpc) is 3.32. The van der Waals surface area contributed by atoms with E-state index in [9.17, 15) is 18.8 Å². The van der Waals surface area contributed by atoms with Crippen molar-refractivity contribution in [2.24, 2.45) is 0 Å². The summed E-state index contributed by atoms with van der Waals surface area (Å²) in [7, 11) is 0. The number of ether oxygens (including phenoxy) is 2. The molecule has 0 radical (unpaired) electrons. The summed E-state index contributed by atoms with van der Waals surface area (Å²) in [5.41, 5.74) is 0.710. The van der Waals surface area contributed by atoms with Gasteiger partial charge in [0, 0.05) is 6.20 Å². The van der Waals surface area contributed by atoms with Crippen LogP contribution in [0.25, 0.3) is 0 Å². The van der Waals surface area contributed by atoms with Gasteiger partial charge in [0.25, 0.3) is 5.91 Å². The number of halogens is 1. The molecule has 10 heteroatoms. The lowest BCUT2D eigenvalue weighted by Gasteiger charge is -2.07. The van der Waals surface area contributed by atoms with Crippen LogP contribution in [0, 0.1) is 12.7 Å². The van der Waals surface area contributed by atoms with Crippen molar-refractivity contribution >= 4 is 34.0 Å². The van der Waals surface area contributed by atoms with Crippen molar-refractivity contribution in [1.29, 1.82) is 0 Å². The maximum Gasteiger partial charge on any atom is 0.341 e. The van der Waals surface area contributed by atoms with Crippen LogP contribution in [-0.2, 0) is 11.5 Å². The number of amides is 1. The number of nitrogens with zero attached hydrogens (tertiary/aromatic N) is 2. The van der Waals surface area contributed by atoms with Crippen LogP contribution in [0.1, 0.15) is 49.9 Å². The van der Waals surface area contributed by atoms with E-state index >= 15 is 0 Å². The Balaban J connectivity index is 1.74. The molecule has 0 unspecified atom stereocenters. The van der Waals surface area contributed by atoms with E-state index in [1.807, 2.05) is 0 Å². The molecule has 1 aromatic carbocycles. The first-order chi connectivity index (χ1) is 14.8. The Kier molecular flexibility index (Phi) is 6.81. The van der Waals surface area contributed by atoms with Gasteiger partial charge in [0.15, 0.2) is 18.2 Å². The topological polar surface area (TPSA) is 99.5 Å². The van der Waals surface area contributed by atoms with Gasteiger partial charge >= 0.3 is 5.97 Å². The molecule has 0 aliphatic heterocycles. The SMILES string of the molecule is CCOC(=O)c1c(NC(=O)c2ccn(COc3ccc(F)cc3)n2)sc(C(C)=O)c1C. The summed E-state index contributed by atoms with van der Waals surface area (Å²) < 4.78 is 24.9. The van der Waals surface area contributed by atoms with E-state index in [1.165, 1.54) is 41.9 Å². The lowest BCUT2D eigenvalue weighted by Crippen LogP contribution is -2.16. The maximum atomic E-state index is 12.9. The molecule has 31 heavy (non-hydrogen) atoms. The van der Waals surface area contributed by atoms with Gasteiger partial charge < -0.3 is 14.8 Å². The van der Waals surface area contributed by atoms with Gasteiger partial charge in [-0.1, -0.05) is 0 Å². The molecular weight excluding hydrogens is 425 g/mol. The molecule has 1 amide bonds. The molecular formula is C21H20FN3O5S. The lowest BCUT2D eigenvalue weighted by molar-refractivity contribution is 0.0527. The van der Waals surface area contributed by atoms with Crippen LogP contribution in [0.4, 0.5) is 9.39 Å². The summed E-state index contributed by atoms with van der Waals surface area (Å²) in [4.78, 5) is 37.3. The second kappa shape index (κ2) is 9.52. The number of nitrogens with one attached hydrogen (secondary N) is 1. The summed E-state index contributed by atoms with van der Waals surface area (Å²) in [6.45, 7) is 4.87. The minimum Gasteiger partial charge on any atom is -0.471 e. The second-order valence-corrected chi connectivity index (χ2v) is 7.48. The summed E-state index contributed by atoms with van der Waals surface area (Å²) in [5.74, 6) is -1.30. The molecule has 0 spiro atoms. The van der Waals surface area contributed by atoms with Crippen molar-refractivity contribution in [3.63, 3.8) is 0 Å². The van der Waals surface area contributed by atoms with Crippen LogP contribution in [0.2, 0.25) is 0 Å². The number of aromatic nitrogens is 2. The standard InChI is InChI=1S/C21H20FN3O5S/c1-4-29-21(28)17-12(2)18(13(3)26)31-20(17)23-19(27)16-9-10-25(24-16)11-30-15-7-5-14(22)6-8-15/h5-10H,4,11H2,1-3H3,(H,23,27). The molecule has 3 aromatic rings. The summed E-state index contributed by atoms with van der Waals surface area (Å²) >= 11 is 1.01. The van der Waals surface area contributed by atoms with Crippen LogP contribution in [-0.4, -0.2) is 34.0 Å². The number of carbonyl (C=O) groups excluding carboxylic acids is 3. The molecule has 0 saturated carbocycles. The predicted molar refractivity (Wildman–Crippen MR) is 112 cm³/mol. The number of thiophene rings is 1. The van der Waals surface area contributed by atoms with Crippen LogP contribution < -0.4 is 10.1 Å². The first-order valence-electron chi connectivity index (χ1n) is 9.34. The van der Waals surface area contributed by atoms with Crippen LogP contribution in [0.5, 0.6) is 5.75 Å². The van der Waals surface area contributed by atoms with E-state index in [0.29, 0.717) is 16.2 Å². The highest BCUT2D eigenvalue weighted by Crippen LogP contribution is 2.34. The third-order valence-electron chi connectivity index (χ3n) is 4.22. The minimum atomic E-state index is -0.614. The highest BCUT2D eigenvalue weighted by atomic mass is 32.1. The van der Waals surface area contributed by atoms with Crippen molar-refractivity contribution < 1.29 is 28.2 Å². The molecule has 8 nitrogen and oxygen atoms in total. The van der Waals surface area contributed by atoms with Gasteiger partial charge in [0.1, 0.15) is 16.6 Å². The number of benzene rings is 1. The zero-order valence-electron chi connectivity index (χ0n) is 17.1. The van der Waals surface area contributed by atoms with Gasteiger partial charge in [-0.25, -0.2) is 13.9 Å². The van der Waals surface area contributed by atoms with Crippen molar-refractivity contribution in [3.05, 3.63) is 64.0 Å². The number of Topliss-reactive ketones (excluding diaryl/α,β-unsaturated/α-hetero) is 1. The van der Waals surface area contributed by atoms with Gasteiger partial charge in [-0.15, -0.1) is 11.3 Å². The third kappa shape index (κ3) is 5.15. The van der Waals surface area contributed by atoms with Crippen LogP contribution in [0.15, 0.2) is 36.5 Å². The number of esters is 1. The first kappa shape index (κ1) is 22.2. The van der Waals surface area contributed by atoms with Crippen LogP contribution in [0.3, 0.4) is 0 Å². The Morgan fingerprint density at radius 3 is 2.55 bits per heavy atom. The van der Waals surface area contributed by atoms with Gasteiger partial charge in [-0.05, 0) is 56.7 Å². The average molecular weight is 445 g/mol. The van der Waals surface area contributed by atoms with Gasteiger partial charge in [-0.3, -0.25) is 9.59 Å². The molecule has 0 atom stereocenters. The number of anilines is 1. The zero-order chi connectivity index (χ0) is 22.5. The van der Waals surface area contributed by atoms with Gasteiger partial charge in [0.2, 0.25) is 0 Å². The minimum absolute atomic E-state index is 0.0135. The number of hydrogen-bond donors (Lipinski definition) is 1. The first-order valence-corrected chi connectivity index (χ1v) is 10.2. The quantitative estimate of drug-likeness (QED) is 0.415. The zero-order valence-corrected chi connectivity index (χ0v) is 17.9. The van der Waals surface area contributed by atoms with Gasteiger partial charge in [0.05, 0.1) is 17.0 Å². The van der Waals surface area contributed by atoms with Crippen molar-refractivity contribution in [2.75, 3.05) is 11.9 Å². The number of hydrogen-bond acceptors (Lipinski definition) is 7. The monoisotopic (exact) mass is 445 g/mol. The second-order valence-electron chi connectivity index (χ2n) is 6.46. The van der Waals surface area contributed by atoms with E-state index in [2.05, 4.69) is 10.4 Å². The Morgan fingerprint density at radius 1 is 1.19 bits per heavy atom. The van der Waals surface area contributed by atoms with E-state index in [0.717, 1.165) is 11.3 Å². The highest BCUT2D eigenvalue weighted by Gasteiger charge is 2.26. The Morgan fingerprint density at radius 2 is 1.90 bits per heavy atom. The summed E-state index contributed by atoms with van der Waals surface area (Å²) in [5, 5.41) is 7.01. The number of ketones is 1. The fraction of sp³-hybridized carbons (Fsp3) is 0.238. The number of carbonyl (C=O) groups is 3. The van der Waals surface area contributed by atoms with Crippen molar-refractivity contribution in [1.82, 2.24) is 9.78 Å². The molecule has 3 rings (SSSR count). The van der Waals surface area contributed by atoms with Gasteiger partial charge in [-0.2, -0.15) is 5.10 Å². The van der Waals surface area contributed by atoms with Crippen LogP contribution >= 0.6 is 11.3 Å². The predicted octanol–water partition coefficient (Wildman–Crippen LogP) is 4.06. The summed E-state index contributed by atoms with van der Waals surface area (Å²) in [6, 6.07) is 7.00. The normalized spacial score (nSPS) is 10.6. The highest BCUT2D eigenvalue weighted by molar-refractivity contribution is 7.18. The Hall–Kier alpha value is -3.53. The molecule has 1 N–H and O–H groups in total. The lowest BCUT2D eigenvalue weighted by atomic mass is 10.1. The van der Waals surface area contributed by atoms with Crippen molar-refractivity contribution in [2.45, 2.75) is 27.5 Å². The van der Waals surface area contributed by atoms with E-state index in [1.54, 1.807) is 20.0 Å². The third-order valence-corrected chi connectivity index (χ3v) is 5.53. The molecule has 162 valence electrons. The molecule has 0 aliphatic carbocycles. The Labute approximate surface area is 181 Å². The smallest absolute Gasteiger partial charge is 0.341 e. The maximum absolute atomic E-state index is 12.9.